The van der Waals surface area contributed by atoms with Gasteiger partial charge in [0.1, 0.15) is 0 Å². The lowest BCUT2D eigenvalue weighted by Gasteiger charge is -2.03. The summed E-state index contributed by atoms with van der Waals surface area (Å²) < 4.78 is 0. The Bertz CT molecular complexity index is 280. The molecule has 1 aromatic rings. The molecule has 1 aromatic heterocycles. The zero-order chi connectivity index (χ0) is 9.68. The van der Waals surface area contributed by atoms with Crippen molar-refractivity contribution in [3.63, 3.8) is 0 Å². The SMILES string of the molecule is CC(=O)SC([C]=O)Cc1cccs1. The Labute approximate surface area is 85.3 Å². The lowest BCUT2D eigenvalue weighted by atomic mass is 10.3. The van der Waals surface area contributed by atoms with Crippen LogP contribution in [-0.2, 0) is 16.0 Å². The molecule has 69 valence electrons. The van der Waals surface area contributed by atoms with Crippen molar-refractivity contribution in [3.8, 4) is 0 Å². The fourth-order valence-corrected chi connectivity index (χ4v) is 2.49. The highest BCUT2D eigenvalue weighted by molar-refractivity contribution is 8.14. The van der Waals surface area contributed by atoms with Gasteiger partial charge in [-0.1, -0.05) is 17.8 Å². The van der Waals surface area contributed by atoms with Crippen LogP contribution in [0.3, 0.4) is 0 Å². The standard InChI is InChI=1S/C9H9O2S2/c1-7(11)13-9(6-10)5-8-3-2-4-12-8/h2-4,9H,5H2,1H3. The van der Waals surface area contributed by atoms with Crippen molar-refractivity contribution in [1.29, 1.82) is 0 Å². The van der Waals surface area contributed by atoms with Crippen LogP contribution in [0.2, 0.25) is 0 Å². The van der Waals surface area contributed by atoms with Gasteiger partial charge >= 0.3 is 0 Å². The first-order valence-corrected chi connectivity index (χ1v) is 5.55. The molecule has 0 aliphatic rings. The van der Waals surface area contributed by atoms with Gasteiger partial charge in [0.25, 0.3) is 0 Å². The van der Waals surface area contributed by atoms with Crippen LogP contribution in [0, 0.1) is 0 Å². The van der Waals surface area contributed by atoms with Crippen molar-refractivity contribution in [2.45, 2.75) is 18.6 Å². The van der Waals surface area contributed by atoms with E-state index in [2.05, 4.69) is 0 Å². The Kier molecular flexibility index (Phi) is 4.18. The molecule has 1 radical (unpaired) electrons. The summed E-state index contributed by atoms with van der Waals surface area (Å²) in [5.41, 5.74) is 0. The predicted molar refractivity (Wildman–Crippen MR) is 55.8 cm³/mol. The van der Waals surface area contributed by atoms with Gasteiger partial charge in [-0.15, -0.1) is 11.3 Å². The van der Waals surface area contributed by atoms with Gasteiger partial charge in [0.15, 0.2) is 5.12 Å². The van der Waals surface area contributed by atoms with Gasteiger partial charge in [0, 0.05) is 18.2 Å². The summed E-state index contributed by atoms with van der Waals surface area (Å²) in [6.07, 6.45) is 2.47. The van der Waals surface area contributed by atoms with Crippen LogP contribution < -0.4 is 0 Å². The van der Waals surface area contributed by atoms with Gasteiger partial charge in [-0.3, -0.25) is 9.59 Å². The molecular weight excluding hydrogens is 204 g/mol. The second-order valence-corrected chi connectivity index (χ2v) is 4.91. The van der Waals surface area contributed by atoms with Crippen molar-refractivity contribution in [2.75, 3.05) is 0 Å². The maximum Gasteiger partial charge on any atom is 0.213 e. The molecule has 1 atom stereocenters. The number of hydrogen-bond acceptors (Lipinski definition) is 4. The molecule has 0 aromatic carbocycles. The largest absolute Gasteiger partial charge is 0.290 e. The first kappa shape index (κ1) is 10.5. The molecule has 0 saturated carbocycles. The second-order valence-electron chi connectivity index (χ2n) is 2.50. The van der Waals surface area contributed by atoms with Crippen molar-refractivity contribution >= 4 is 34.5 Å². The quantitative estimate of drug-likeness (QED) is 0.767. The number of hydrogen-bond donors (Lipinski definition) is 0. The minimum atomic E-state index is -0.351. The van der Waals surface area contributed by atoms with Gasteiger partial charge < -0.3 is 0 Å². The van der Waals surface area contributed by atoms with Crippen LogP contribution in [-0.4, -0.2) is 16.7 Å². The Morgan fingerprint density at radius 1 is 1.77 bits per heavy atom. The molecule has 2 nitrogen and oxygen atoms in total. The van der Waals surface area contributed by atoms with Crippen molar-refractivity contribution in [2.24, 2.45) is 0 Å². The van der Waals surface area contributed by atoms with Crippen molar-refractivity contribution < 1.29 is 9.59 Å². The van der Waals surface area contributed by atoms with Crippen LogP contribution in [0.5, 0.6) is 0 Å². The first-order chi connectivity index (χ1) is 6.22. The molecule has 0 spiro atoms. The molecule has 0 amide bonds. The van der Waals surface area contributed by atoms with Crippen LogP contribution in [0.15, 0.2) is 17.5 Å². The molecule has 13 heavy (non-hydrogen) atoms. The van der Waals surface area contributed by atoms with E-state index in [-0.39, 0.29) is 10.4 Å². The maximum absolute atomic E-state index is 10.7. The second kappa shape index (κ2) is 5.19. The highest BCUT2D eigenvalue weighted by Crippen LogP contribution is 2.18. The highest BCUT2D eigenvalue weighted by atomic mass is 32.2. The average Bonchev–Trinajstić information content (AvgIpc) is 2.55. The highest BCUT2D eigenvalue weighted by Gasteiger charge is 2.13. The molecule has 1 unspecified atom stereocenters. The summed E-state index contributed by atoms with van der Waals surface area (Å²) in [6, 6.07) is 3.88. The molecule has 0 N–H and O–H groups in total. The Balaban J connectivity index is 2.49. The van der Waals surface area contributed by atoms with E-state index in [0.29, 0.717) is 6.42 Å². The van der Waals surface area contributed by atoms with Crippen LogP contribution in [0.4, 0.5) is 0 Å². The smallest absolute Gasteiger partial charge is 0.213 e. The molecule has 4 heteroatoms. The third-order valence-corrected chi connectivity index (χ3v) is 3.18. The molecule has 1 rings (SSSR count). The molecule has 0 aliphatic carbocycles. The number of carbonyl (C=O) groups is 1. The van der Waals surface area contributed by atoms with Gasteiger partial charge in [0.2, 0.25) is 6.29 Å². The van der Waals surface area contributed by atoms with Crippen LogP contribution >= 0.6 is 23.1 Å². The van der Waals surface area contributed by atoms with E-state index < -0.39 is 0 Å². The lowest BCUT2D eigenvalue weighted by molar-refractivity contribution is -0.109. The third-order valence-electron chi connectivity index (χ3n) is 1.41. The lowest BCUT2D eigenvalue weighted by Crippen LogP contribution is -2.09. The van der Waals surface area contributed by atoms with E-state index in [0.717, 1.165) is 16.6 Å². The van der Waals surface area contributed by atoms with Crippen molar-refractivity contribution in [1.82, 2.24) is 0 Å². The molecule has 0 bridgehead atoms. The maximum atomic E-state index is 10.7. The normalized spacial score (nSPS) is 12.4. The third kappa shape index (κ3) is 3.74. The first-order valence-electron chi connectivity index (χ1n) is 3.79. The number of rotatable bonds is 4. The summed E-state index contributed by atoms with van der Waals surface area (Å²) in [5, 5.41) is 1.57. The zero-order valence-electron chi connectivity index (χ0n) is 7.15. The minimum Gasteiger partial charge on any atom is -0.290 e. The van der Waals surface area contributed by atoms with E-state index >= 15 is 0 Å². The molecular formula is C9H9O2S2. The monoisotopic (exact) mass is 213 g/mol. The van der Waals surface area contributed by atoms with Gasteiger partial charge in [0.05, 0.1) is 5.25 Å². The summed E-state index contributed by atoms with van der Waals surface area (Å²) >= 11 is 2.63. The van der Waals surface area contributed by atoms with Gasteiger partial charge in [-0.25, -0.2) is 0 Å². The fourth-order valence-electron chi connectivity index (χ4n) is 0.919. The molecule has 0 saturated heterocycles. The summed E-state index contributed by atoms with van der Waals surface area (Å²) in [5.74, 6) is 0. The van der Waals surface area contributed by atoms with Crippen LogP contribution in [0.25, 0.3) is 0 Å². The molecule has 1 heterocycles. The van der Waals surface area contributed by atoms with Crippen molar-refractivity contribution in [3.05, 3.63) is 22.4 Å². The zero-order valence-corrected chi connectivity index (χ0v) is 8.78. The van der Waals surface area contributed by atoms with Gasteiger partial charge in [-0.05, 0) is 11.4 Å². The molecule has 0 aliphatic heterocycles. The minimum absolute atomic E-state index is 0.0371. The topological polar surface area (TPSA) is 34.1 Å². The van der Waals surface area contributed by atoms with Crippen LogP contribution in [0.1, 0.15) is 11.8 Å². The summed E-state index contributed by atoms with van der Waals surface area (Å²) in [4.78, 5) is 22.3. The molecule has 0 fully saturated rings. The Morgan fingerprint density at radius 2 is 2.54 bits per heavy atom. The predicted octanol–water partition coefficient (Wildman–Crippen LogP) is 2.05. The van der Waals surface area contributed by atoms with E-state index in [1.54, 1.807) is 11.3 Å². The Hall–Kier alpha value is -0.610. The van der Waals surface area contributed by atoms with E-state index in [4.69, 9.17) is 0 Å². The number of carbonyl (C=O) groups excluding carboxylic acids is 2. The van der Waals surface area contributed by atoms with E-state index in [1.165, 1.54) is 6.92 Å². The Morgan fingerprint density at radius 3 is 3.00 bits per heavy atom. The average molecular weight is 213 g/mol. The summed E-state index contributed by atoms with van der Waals surface area (Å²) in [6.45, 7) is 1.46. The van der Waals surface area contributed by atoms with E-state index in [9.17, 15) is 9.59 Å². The van der Waals surface area contributed by atoms with E-state index in [1.807, 2.05) is 23.8 Å². The number of thiophene rings is 1. The van der Waals surface area contributed by atoms with Gasteiger partial charge in [-0.2, -0.15) is 0 Å². The summed E-state index contributed by atoms with van der Waals surface area (Å²) in [7, 11) is 0. The number of thioether (sulfide) groups is 1. The fraction of sp³-hybridized carbons (Fsp3) is 0.333.